The van der Waals surface area contributed by atoms with E-state index < -0.39 is 10.8 Å². The second kappa shape index (κ2) is 24.8. The molecule has 2 spiro atoms. The molecule has 18 aromatic carbocycles. The number of phenols is 1. The van der Waals surface area contributed by atoms with Gasteiger partial charge in [-0.15, -0.1) is 0 Å². The van der Waals surface area contributed by atoms with Crippen LogP contribution in [-0.2, 0) is 10.8 Å². The van der Waals surface area contributed by atoms with E-state index in [9.17, 15) is 5.11 Å². The average molecular weight is 1440 g/mol. The van der Waals surface area contributed by atoms with Crippen molar-refractivity contribution in [3.63, 3.8) is 0 Å². The van der Waals surface area contributed by atoms with Gasteiger partial charge < -0.3 is 9.84 Å². The number of aromatic nitrogens is 6. The Kier molecular flexibility index (Phi) is 14.1. The zero-order valence-corrected chi connectivity index (χ0v) is 61.2. The molecule has 0 saturated heterocycles. The summed E-state index contributed by atoms with van der Waals surface area (Å²) >= 11 is 0. The van der Waals surface area contributed by atoms with Crippen LogP contribution in [0.3, 0.4) is 0 Å². The van der Waals surface area contributed by atoms with Crippen molar-refractivity contribution in [1.82, 2.24) is 29.9 Å². The fraction of sp³-hybridized carbons (Fsp3) is 0.0286. The Labute approximate surface area is 651 Å². The minimum Gasteiger partial charge on any atom is -0.508 e. The van der Waals surface area contributed by atoms with Crippen molar-refractivity contribution in [2.75, 3.05) is 7.11 Å². The normalized spacial score (nSPS) is 13.2. The van der Waals surface area contributed by atoms with Crippen molar-refractivity contribution in [2.45, 2.75) is 10.8 Å². The molecule has 2 aromatic heterocycles. The van der Waals surface area contributed by atoms with Gasteiger partial charge in [0.2, 0.25) is 0 Å². The Morgan fingerprint density at radius 3 is 0.814 bits per heavy atom. The molecule has 2 heterocycles. The van der Waals surface area contributed by atoms with Crippen LogP contribution in [0, 0.1) is 0 Å². The molecular weight excluding hydrogens is 1380 g/mol. The lowest BCUT2D eigenvalue weighted by atomic mass is 9.70. The summed E-state index contributed by atoms with van der Waals surface area (Å²) in [4.78, 5) is 30.6. The lowest BCUT2D eigenvalue weighted by Gasteiger charge is -2.31. The number of hydrogen-bond acceptors (Lipinski definition) is 8. The zero-order valence-electron chi connectivity index (χ0n) is 61.2. The van der Waals surface area contributed by atoms with Crippen LogP contribution in [0.1, 0.15) is 44.5 Å². The SMILES string of the molecule is COc1ccc2c(c1)c1ccccc1c1cc3c(cc21)C1(c2ccccc2-c2ccccc21)c1cc(-c2nc(-c4ccccc4)nc(-c4ccccc4)n2)ccc1-3.Oc1ccc2c(c1)c1ccccc1c1cc3c(cc21)C1(c2ccccc2-c2ccccc21)c1cc(-c2nc(-c4ccccc4)nc(-c4ccccc4)n2)ccc1-3. The summed E-state index contributed by atoms with van der Waals surface area (Å²) in [5.41, 5.74) is 24.6. The van der Waals surface area contributed by atoms with E-state index in [1.165, 1.54) is 137 Å². The summed E-state index contributed by atoms with van der Waals surface area (Å²) in [7, 11) is 1.74. The van der Waals surface area contributed by atoms with Crippen LogP contribution in [0.5, 0.6) is 11.5 Å². The molecule has 4 aliphatic rings. The van der Waals surface area contributed by atoms with Gasteiger partial charge in [-0.25, -0.2) is 29.9 Å². The van der Waals surface area contributed by atoms with E-state index in [4.69, 9.17) is 34.6 Å². The fourth-order valence-corrected chi connectivity index (χ4v) is 19.4. The molecule has 0 fully saturated rings. The van der Waals surface area contributed by atoms with Gasteiger partial charge in [-0.3, -0.25) is 0 Å². The maximum atomic E-state index is 10.7. The lowest BCUT2D eigenvalue weighted by molar-refractivity contribution is 0.415. The van der Waals surface area contributed by atoms with Crippen molar-refractivity contribution in [2.24, 2.45) is 0 Å². The second-order valence-corrected chi connectivity index (χ2v) is 29.9. The summed E-state index contributed by atoms with van der Waals surface area (Å²) in [6, 6.07) is 129. The quantitative estimate of drug-likeness (QED) is 0.157. The van der Waals surface area contributed by atoms with E-state index in [1.807, 2.05) is 109 Å². The third kappa shape index (κ3) is 9.44. The number of aromatic hydroxyl groups is 1. The highest BCUT2D eigenvalue weighted by Gasteiger charge is 2.54. The summed E-state index contributed by atoms with van der Waals surface area (Å²) in [5, 5.41) is 24.9. The monoisotopic (exact) mass is 1440 g/mol. The first-order chi connectivity index (χ1) is 55.9. The van der Waals surface area contributed by atoms with Gasteiger partial charge in [-0.2, -0.15) is 0 Å². The van der Waals surface area contributed by atoms with E-state index in [0.717, 1.165) is 55.3 Å². The molecule has 113 heavy (non-hydrogen) atoms. The molecule has 0 unspecified atom stereocenters. The van der Waals surface area contributed by atoms with E-state index in [0.29, 0.717) is 34.9 Å². The zero-order chi connectivity index (χ0) is 74.6. The molecule has 20 aromatic rings. The summed E-state index contributed by atoms with van der Waals surface area (Å²) in [5.74, 6) is 4.98. The lowest BCUT2D eigenvalue weighted by Crippen LogP contribution is -2.26. The molecule has 0 amide bonds. The molecule has 4 aliphatic carbocycles. The van der Waals surface area contributed by atoms with Crippen LogP contribution in [-0.4, -0.2) is 42.1 Å². The Balaban J connectivity index is 0.000000134. The number of hydrogen-bond donors (Lipinski definition) is 1. The first-order valence-corrected chi connectivity index (χ1v) is 38.4. The molecule has 526 valence electrons. The van der Waals surface area contributed by atoms with Gasteiger partial charge in [0, 0.05) is 33.4 Å². The van der Waals surface area contributed by atoms with Gasteiger partial charge in [-0.1, -0.05) is 303 Å². The largest absolute Gasteiger partial charge is 0.508 e. The topological polar surface area (TPSA) is 107 Å². The number of fused-ring (bicyclic) bond motifs is 32. The summed E-state index contributed by atoms with van der Waals surface area (Å²) in [6.07, 6.45) is 0. The number of nitrogens with zero attached hydrogens (tertiary/aromatic N) is 6. The van der Waals surface area contributed by atoms with Gasteiger partial charge in [0.15, 0.2) is 34.9 Å². The Bertz CT molecular complexity index is 7220. The molecule has 0 aliphatic heterocycles. The third-order valence-corrected chi connectivity index (χ3v) is 24.2. The Hall–Kier alpha value is -14.9. The molecule has 0 saturated carbocycles. The molecular formula is C105H64N6O2. The van der Waals surface area contributed by atoms with Crippen molar-refractivity contribution in [3.05, 3.63) is 408 Å². The van der Waals surface area contributed by atoms with Gasteiger partial charge in [-0.05, 0) is 214 Å². The molecule has 0 atom stereocenters. The van der Waals surface area contributed by atoms with Crippen LogP contribution < -0.4 is 4.74 Å². The van der Waals surface area contributed by atoms with Gasteiger partial charge in [0.1, 0.15) is 11.5 Å². The fourth-order valence-electron chi connectivity index (χ4n) is 19.4. The first-order valence-electron chi connectivity index (χ1n) is 38.4. The van der Waals surface area contributed by atoms with Crippen molar-refractivity contribution in [1.29, 1.82) is 0 Å². The Morgan fingerprint density at radius 1 is 0.195 bits per heavy atom. The number of benzene rings is 18. The number of rotatable bonds is 7. The minimum absolute atomic E-state index is 0.266. The van der Waals surface area contributed by atoms with E-state index >= 15 is 0 Å². The number of ether oxygens (including phenoxy) is 1. The Morgan fingerprint density at radius 2 is 0.460 bits per heavy atom. The van der Waals surface area contributed by atoms with Gasteiger partial charge in [0.25, 0.3) is 0 Å². The predicted molar refractivity (Wildman–Crippen MR) is 458 cm³/mol. The average Bonchev–Trinajstić information content (AvgIpc) is 1.49. The van der Waals surface area contributed by atoms with Gasteiger partial charge in [0.05, 0.1) is 17.9 Å². The first kappa shape index (κ1) is 64.2. The summed E-state index contributed by atoms with van der Waals surface area (Å²) in [6.45, 7) is 0. The maximum absolute atomic E-state index is 10.7. The van der Waals surface area contributed by atoms with Gasteiger partial charge >= 0.3 is 0 Å². The number of methoxy groups -OCH3 is 1. The van der Waals surface area contributed by atoms with Crippen molar-refractivity contribution in [3.8, 4) is 124 Å². The third-order valence-electron chi connectivity index (χ3n) is 24.2. The molecule has 1 N–H and O–H groups in total. The predicted octanol–water partition coefficient (Wildman–Crippen LogP) is 25.1. The minimum atomic E-state index is -0.589. The summed E-state index contributed by atoms with van der Waals surface area (Å²) < 4.78 is 5.75. The van der Waals surface area contributed by atoms with E-state index in [1.54, 1.807) is 7.11 Å². The molecule has 0 bridgehead atoms. The molecule has 24 rings (SSSR count). The number of phenolic OH excluding ortho intramolecular Hbond substituents is 1. The molecule has 0 radical (unpaired) electrons. The maximum Gasteiger partial charge on any atom is 0.164 e. The van der Waals surface area contributed by atoms with Crippen LogP contribution in [0.15, 0.2) is 364 Å². The smallest absolute Gasteiger partial charge is 0.164 e. The molecule has 8 nitrogen and oxygen atoms in total. The van der Waals surface area contributed by atoms with Crippen molar-refractivity contribution >= 4 is 64.6 Å². The van der Waals surface area contributed by atoms with Crippen molar-refractivity contribution < 1.29 is 9.84 Å². The highest BCUT2D eigenvalue weighted by atomic mass is 16.5. The van der Waals surface area contributed by atoms with Crippen LogP contribution in [0.25, 0.3) is 177 Å². The van der Waals surface area contributed by atoms with Crippen LogP contribution in [0.4, 0.5) is 0 Å². The van der Waals surface area contributed by atoms with Crippen LogP contribution in [0.2, 0.25) is 0 Å². The second-order valence-electron chi connectivity index (χ2n) is 29.9. The van der Waals surface area contributed by atoms with Crippen LogP contribution >= 0.6 is 0 Å². The van der Waals surface area contributed by atoms with E-state index in [-0.39, 0.29) is 5.75 Å². The highest BCUT2D eigenvalue weighted by molar-refractivity contribution is 6.28. The van der Waals surface area contributed by atoms with E-state index in [2.05, 4.69) is 255 Å². The standard InChI is InChI=1S/C53H33N3O.C52H31N3O/c1-57-35-25-27-38-42(29-35)36-18-8-9-19-37(36)43-30-45-41-26-24-34(52-55-50(32-14-4-2-5-15-32)54-51(56-52)33-16-6-3-7-17-33)28-48(41)53(49(45)31-44(38)43)46-22-12-10-20-39(46)40-21-11-13-23-47(40)53;56-34-24-26-37-41(28-34)35-17-7-8-18-36(35)42-29-44-40-25-23-33(51-54-49(31-13-3-1-4-14-31)53-50(55-51)32-15-5-2-6-16-32)27-47(40)52(48(44)30-43(37)42)45-21-11-9-19-38(45)39-20-10-12-22-46(39)52/h2-31H,1H3;1-30,56H. The molecule has 8 heteroatoms. The highest BCUT2D eigenvalue weighted by Crippen LogP contribution is 2.66.